The Morgan fingerprint density at radius 3 is 2.33 bits per heavy atom. The van der Waals surface area contributed by atoms with Crippen molar-refractivity contribution in [1.29, 1.82) is 0 Å². The monoisotopic (exact) mass is 280 g/mol. The average Bonchev–Trinajstić information content (AvgIpc) is 2.43. The Bertz CT molecular complexity index is 577. The van der Waals surface area contributed by atoms with Crippen LogP contribution in [0.5, 0.6) is 0 Å². The van der Waals surface area contributed by atoms with E-state index in [-0.39, 0.29) is 0 Å². The number of rotatable bonds is 3. The summed E-state index contributed by atoms with van der Waals surface area (Å²) < 4.78 is 0. The van der Waals surface area contributed by atoms with E-state index in [1.54, 1.807) is 5.57 Å². The van der Waals surface area contributed by atoms with Crippen LogP contribution in [0.3, 0.4) is 0 Å². The lowest BCUT2D eigenvalue weighted by atomic mass is 9.72. The van der Waals surface area contributed by atoms with E-state index in [0.717, 1.165) is 0 Å². The van der Waals surface area contributed by atoms with Crippen molar-refractivity contribution in [2.75, 3.05) is 0 Å². The Morgan fingerprint density at radius 1 is 1.10 bits per heavy atom. The van der Waals surface area contributed by atoms with Crippen molar-refractivity contribution in [2.45, 2.75) is 53.9 Å². The summed E-state index contributed by atoms with van der Waals surface area (Å²) in [7, 11) is 0. The summed E-state index contributed by atoms with van der Waals surface area (Å²) in [5.74, 6) is 0. The number of allylic oxidation sites excluding steroid dienone is 6. The molecule has 0 saturated heterocycles. The zero-order valence-corrected chi connectivity index (χ0v) is 14.2. The van der Waals surface area contributed by atoms with E-state index in [0.29, 0.717) is 5.41 Å². The minimum Gasteiger partial charge on any atom is -0.0798 e. The van der Waals surface area contributed by atoms with E-state index in [2.05, 4.69) is 77.1 Å². The van der Waals surface area contributed by atoms with E-state index >= 15 is 0 Å². The molecule has 0 aliphatic heterocycles. The van der Waals surface area contributed by atoms with Crippen LogP contribution in [0.15, 0.2) is 53.6 Å². The van der Waals surface area contributed by atoms with Gasteiger partial charge in [0, 0.05) is 0 Å². The van der Waals surface area contributed by atoms with Gasteiger partial charge >= 0.3 is 0 Å². The summed E-state index contributed by atoms with van der Waals surface area (Å²) in [5, 5.41) is 0. The Morgan fingerprint density at radius 2 is 1.76 bits per heavy atom. The van der Waals surface area contributed by atoms with Crippen LogP contribution in [0, 0.1) is 12.3 Å². The molecule has 0 N–H and O–H groups in total. The molecule has 0 aromatic heterocycles. The third-order valence-corrected chi connectivity index (χ3v) is 4.67. The molecular formula is C21H28. The van der Waals surface area contributed by atoms with Gasteiger partial charge in [0.1, 0.15) is 0 Å². The zero-order chi connectivity index (χ0) is 15.5. The van der Waals surface area contributed by atoms with Crippen molar-refractivity contribution in [3.63, 3.8) is 0 Å². The smallest absolute Gasteiger partial charge is 0.0104 e. The van der Waals surface area contributed by atoms with Gasteiger partial charge in [0.2, 0.25) is 0 Å². The maximum atomic E-state index is 2.37. The highest BCUT2D eigenvalue weighted by Gasteiger charge is 2.26. The van der Waals surface area contributed by atoms with Gasteiger partial charge in [-0.25, -0.2) is 0 Å². The second-order valence-corrected chi connectivity index (χ2v) is 6.87. The standard InChI is InChI=1S/C21H28/c1-6-18(19-11-9-16(2)10-12-19)13-14-20-17(3)8-7-15-21(20,4)5/h6,9-14H,7-8,15H2,1-5H3/b14-13+,18-6+. The molecule has 1 aromatic carbocycles. The van der Waals surface area contributed by atoms with Crippen LogP contribution in [-0.4, -0.2) is 0 Å². The Labute approximate surface area is 130 Å². The van der Waals surface area contributed by atoms with Crippen molar-refractivity contribution in [1.82, 2.24) is 0 Å². The second kappa shape index (κ2) is 6.47. The highest BCUT2D eigenvalue weighted by Crippen LogP contribution is 2.41. The lowest BCUT2D eigenvalue weighted by Crippen LogP contribution is -2.19. The summed E-state index contributed by atoms with van der Waals surface area (Å²) >= 11 is 0. The molecule has 0 spiro atoms. The zero-order valence-electron chi connectivity index (χ0n) is 14.2. The van der Waals surface area contributed by atoms with E-state index in [4.69, 9.17) is 0 Å². The third-order valence-electron chi connectivity index (χ3n) is 4.67. The van der Waals surface area contributed by atoms with Crippen molar-refractivity contribution in [2.24, 2.45) is 5.41 Å². The number of benzene rings is 1. The molecule has 0 amide bonds. The van der Waals surface area contributed by atoms with Crippen LogP contribution in [0.1, 0.15) is 58.1 Å². The van der Waals surface area contributed by atoms with Gasteiger partial charge in [0.15, 0.2) is 0 Å². The van der Waals surface area contributed by atoms with E-state index in [1.165, 1.54) is 41.5 Å². The fraction of sp³-hybridized carbons (Fsp3) is 0.429. The molecule has 1 aliphatic carbocycles. The highest BCUT2D eigenvalue weighted by atomic mass is 14.3. The molecule has 112 valence electrons. The van der Waals surface area contributed by atoms with Gasteiger partial charge in [-0.2, -0.15) is 0 Å². The maximum Gasteiger partial charge on any atom is -0.0104 e. The van der Waals surface area contributed by atoms with Gasteiger partial charge in [0.25, 0.3) is 0 Å². The number of hydrogen-bond acceptors (Lipinski definition) is 0. The first-order valence-electron chi connectivity index (χ1n) is 8.06. The molecule has 0 nitrogen and oxygen atoms in total. The van der Waals surface area contributed by atoms with Gasteiger partial charge in [-0.15, -0.1) is 0 Å². The van der Waals surface area contributed by atoms with Crippen LogP contribution in [0.25, 0.3) is 5.57 Å². The molecule has 1 aromatic rings. The number of hydrogen-bond donors (Lipinski definition) is 0. The lowest BCUT2D eigenvalue weighted by Gasteiger charge is -2.33. The van der Waals surface area contributed by atoms with Crippen LogP contribution >= 0.6 is 0 Å². The highest BCUT2D eigenvalue weighted by molar-refractivity contribution is 5.74. The maximum absolute atomic E-state index is 2.37. The molecule has 21 heavy (non-hydrogen) atoms. The molecule has 2 rings (SSSR count). The Balaban J connectivity index is 2.28. The first kappa shape index (κ1) is 15.8. The van der Waals surface area contributed by atoms with Crippen LogP contribution in [-0.2, 0) is 0 Å². The summed E-state index contributed by atoms with van der Waals surface area (Å²) in [6, 6.07) is 8.79. The van der Waals surface area contributed by atoms with E-state index < -0.39 is 0 Å². The van der Waals surface area contributed by atoms with E-state index in [1.807, 2.05) is 0 Å². The predicted molar refractivity (Wildman–Crippen MR) is 94.3 cm³/mol. The van der Waals surface area contributed by atoms with Crippen molar-refractivity contribution < 1.29 is 0 Å². The predicted octanol–water partition coefficient (Wildman–Crippen LogP) is 6.48. The first-order valence-corrected chi connectivity index (χ1v) is 8.06. The largest absolute Gasteiger partial charge is 0.0798 e. The minimum atomic E-state index is 0.310. The lowest BCUT2D eigenvalue weighted by molar-refractivity contribution is 0.377. The van der Waals surface area contributed by atoms with Crippen molar-refractivity contribution in [3.05, 3.63) is 64.8 Å². The molecule has 0 saturated carbocycles. The number of aryl methyl sites for hydroxylation is 1. The topological polar surface area (TPSA) is 0 Å². The van der Waals surface area contributed by atoms with Crippen molar-refractivity contribution in [3.8, 4) is 0 Å². The third kappa shape index (κ3) is 3.75. The molecule has 0 radical (unpaired) electrons. The van der Waals surface area contributed by atoms with Gasteiger partial charge in [0.05, 0.1) is 0 Å². The molecule has 0 fully saturated rings. The summed E-state index contributed by atoms with van der Waals surface area (Å²) in [5.41, 5.74) is 7.31. The molecule has 0 bridgehead atoms. The van der Waals surface area contributed by atoms with E-state index in [9.17, 15) is 0 Å². The molecular weight excluding hydrogens is 252 g/mol. The molecule has 0 atom stereocenters. The Hall–Kier alpha value is -1.56. The van der Waals surface area contributed by atoms with Crippen LogP contribution < -0.4 is 0 Å². The fourth-order valence-electron chi connectivity index (χ4n) is 3.29. The van der Waals surface area contributed by atoms with Gasteiger partial charge in [-0.3, -0.25) is 0 Å². The summed E-state index contributed by atoms with van der Waals surface area (Å²) in [4.78, 5) is 0. The molecule has 0 unspecified atom stereocenters. The fourth-order valence-corrected chi connectivity index (χ4v) is 3.29. The molecule has 0 heterocycles. The van der Waals surface area contributed by atoms with Crippen LogP contribution in [0.4, 0.5) is 0 Å². The quantitative estimate of drug-likeness (QED) is 0.556. The first-order chi connectivity index (χ1) is 9.94. The SMILES string of the molecule is C/C=C(\C=C\C1=C(C)CCCC1(C)C)c1ccc(C)cc1. The molecule has 1 aliphatic rings. The second-order valence-electron chi connectivity index (χ2n) is 6.87. The average molecular weight is 280 g/mol. The van der Waals surface area contributed by atoms with Gasteiger partial charge in [-0.05, 0) is 62.2 Å². The van der Waals surface area contributed by atoms with Gasteiger partial charge < -0.3 is 0 Å². The van der Waals surface area contributed by atoms with Crippen molar-refractivity contribution >= 4 is 5.57 Å². The van der Waals surface area contributed by atoms with Crippen LogP contribution in [0.2, 0.25) is 0 Å². The van der Waals surface area contributed by atoms with Gasteiger partial charge in [-0.1, -0.05) is 67.5 Å². The summed E-state index contributed by atoms with van der Waals surface area (Å²) in [6.07, 6.45) is 10.7. The summed E-state index contributed by atoms with van der Waals surface area (Å²) in [6.45, 7) is 11.3. The normalized spacial score (nSPS) is 19.4. The minimum absolute atomic E-state index is 0.310. The molecule has 0 heteroatoms. The Kier molecular flexibility index (Phi) is 4.88.